The number of piperidine rings is 1. The Morgan fingerprint density at radius 2 is 2.00 bits per heavy atom. The average molecular weight is 273 g/mol. The minimum absolute atomic E-state index is 0.0360. The molecule has 20 heavy (non-hydrogen) atoms. The Kier molecular flexibility index (Phi) is 3.30. The molecule has 6 nitrogen and oxygen atoms in total. The summed E-state index contributed by atoms with van der Waals surface area (Å²) < 4.78 is 1.54. The highest BCUT2D eigenvalue weighted by Crippen LogP contribution is 2.28. The van der Waals surface area contributed by atoms with Gasteiger partial charge in [0.25, 0.3) is 5.56 Å². The summed E-state index contributed by atoms with van der Waals surface area (Å²) in [4.78, 5) is 22.3. The maximum Gasteiger partial charge on any atom is 0.266 e. The zero-order chi connectivity index (χ0) is 14.1. The number of aromatic nitrogens is 4. The largest absolute Gasteiger partial charge is 0.356 e. The van der Waals surface area contributed by atoms with Crippen LogP contribution in [0, 0.1) is 6.92 Å². The lowest BCUT2D eigenvalue weighted by molar-refractivity contribution is 0.488. The predicted octanol–water partition coefficient (Wildman–Crippen LogP) is 1.20. The van der Waals surface area contributed by atoms with Crippen molar-refractivity contribution in [2.45, 2.75) is 25.7 Å². The first kappa shape index (κ1) is 12.9. The number of anilines is 1. The molecule has 1 saturated heterocycles. The van der Waals surface area contributed by atoms with E-state index in [-0.39, 0.29) is 5.56 Å². The molecule has 0 atom stereocenters. The molecular formula is C14H19N5O. The fraction of sp³-hybridized carbons (Fsp3) is 0.500. The Labute approximate surface area is 117 Å². The van der Waals surface area contributed by atoms with E-state index in [1.807, 2.05) is 13.0 Å². The highest BCUT2D eigenvalue weighted by atomic mass is 16.1. The van der Waals surface area contributed by atoms with Gasteiger partial charge in [0.2, 0.25) is 0 Å². The van der Waals surface area contributed by atoms with Gasteiger partial charge in [-0.05, 0) is 19.8 Å². The minimum Gasteiger partial charge on any atom is -0.356 e. The van der Waals surface area contributed by atoms with Gasteiger partial charge in [0.15, 0.2) is 0 Å². The number of H-pyrrole nitrogens is 1. The van der Waals surface area contributed by atoms with Crippen LogP contribution in [0.3, 0.4) is 0 Å². The smallest absolute Gasteiger partial charge is 0.266 e. The van der Waals surface area contributed by atoms with E-state index in [9.17, 15) is 4.79 Å². The lowest BCUT2D eigenvalue weighted by Gasteiger charge is -2.32. The standard InChI is InChI=1S/C14H19N5O/c1-10-7-13(16-9-15-10)19-5-3-11(4-6-19)12-8-14(20)18(2)17-12/h7-9,11,17H,3-6H2,1-2H3. The number of nitrogens with zero attached hydrogens (tertiary/aromatic N) is 4. The molecule has 6 heteroatoms. The zero-order valence-electron chi connectivity index (χ0n) is 11.8. The summed E-state index contributed by atoms with van der Waals surface area (Å²) in [6.07, 6.45) is 3.68. The second-order valence-electron chi connectivity index (χ2n) is 5.39. The first-order valence-corrected chi connectivity index (χ1v) is 6.93. The van der Waals surface area contributed by atoms with Crippen LogP contribution in [0.4, 0.5) is 5.82 Å². The predicted molar refractivity (Wildman–Crippen MR) is 77.0 cm³/mol. The Hall–Kier alpha value is -2.11. The van der Waals surface area contributed by atoms with Crippen LogP contribution in [-0.4, -0.2) is 32.8 Å². The Balaban J connectivity index is 1.69. The Bertz CT molecular complexity index is 652. The summed E-state index contributed by atoms with van der Waals surface area (Å²) in [5.41, 5.74) is 2.08. The maximum atomic E-state index is 11.5. The third kappa shape index (κ3) is 2.45. The molecule has 0 aliphatic carbocycles. The third-order valence-electron chi connectivity index (χ3n) is 3.95. The summed E-state index contributed by atoms with van der Waals surface area (Å²) in [6, 6.07) is 3.74. The molecule has 0 amide bonds. The first-order valence-electron chi connectivity index (χ1n) is 6.93. The summed E-state index contributed by atoms with van der Waals surface area (Å²) in [5.74, 6) is 1.43. The van der Waals surface area contributed by atoms with E-state index in [0.717, 1.165) is 43.1 Å². The molecule has 1 fully saturated rings. The van der Waals surface area contributed by atoms with Crippen molar-refractivity contribution >= 4 is 5.82 Å². The van der Waals surface area contributed by atoms with Crippen molar-refractivity contribution in [3.05, 3.63) is 40.2 Å². The van der Waals surface area contributed by atoms with E-state index in [1.54, 1.807) is 19.4 Å². The van der Waals surface area contributed by atoms with Crippen molar-refractivity contribution in [3.8, 4) is 0 Å². The molecule has 1 aliphatic rings. The van der Waals surface area contributed by atoms with Crippen molar-refractivity contribution in [1.29, 1.82) is 0 Å². The van der Waals surface area contributed by atoms with Crippen LogP contribution in [-0.2, 0) is 7.05 Å². The van der Waals surface area contributed by atoms with Gasteiger partial charge in [-0.15, -0.1) is 0 Å². The third-order valence-corrected chi connectivity index (χ3v) is 3.95. The molecule has 2 aromatic rings. The van der Waals surface area contributed by atoms with Gasteiger partial charge in [-0.3, -0.25) is 14.6 Å². The summed E-state index contributed by atoms with van der Waals surface area (Å²) >= 11 is 0. The minimum atomic E-state index is 0.0360. The van der Waals surface area contributed by atoms with Gasteiger partial charge in [0, 0.05) is 49.6 Å². The molecule has 0 bridgehead atoms. The van der Waals surface area contributed by atoms with Gasteiger partial charge < -0.3 is 4.90 Å². The van der Waals surface area contributed by atoms with Gasteiger partial charge in [-0.25, -0.2) is 9.97 Å². The first-order chi connectivity index (χ1) is 9.63. The lowest BCUT2D eigenvalue weighted by Crippen LogP contribution is -2.33. The number of rotatable bonds is 2. The van der Waals surface area contributed by atoms with Crippen LogP contribution in [0.1, 0.15) is 30.1 Å². The molecule has 2 aromatic heterocycles. The zero-order valence-corrected chi connectivity index (χ0v) is 11.8. The Morgan fingerprint density at radius 3 is 2.60 bits per heavy atom. The number of aryl methyl sites for hydroxylation is 2. The van der Waals surface area contributed by atoms with Crippen molar-refractivity contribution in [2.75, 3.05) is 18.0 Å². The van der Waals surface area contributed by atoms with Crippen molar-refractivity contribution < 1.29 is 0 Å². The number of aromatic amines is 1. The molecule has 0 radical (unpaired) electrons. The molecular weight excluding hydrogens is 254 g/mol. The van der Waals surface area contributed by atoms with Crippen molar-refractivity contribution in [1.82, 2.24) is 19.7 Å². The highest BCUT2D eigenvalue weighted by Gasteiger charge is 2.23. The van der Waals surface area contributed by atoms with Crippen molar-refractivity contribution in [2.24, 2.45) is 7.05 Å². The lowest BCUT2D eigenvalue weighted by atomic mass is 9.94. The highest BCUT2D eigenvalue weighted by molar-refractivity contribution is 5.39. The molecule has 1 aliphatic heterocycles. The van der Waals surface area contributed by atoms with E-state index in [2.05, 4.69) is 20.0 Å². The number of hydrogen-bond donors (Lipinski definition) is 1. The Morgan fingerprint density at radius 1 is 1.25 bits per heavy atom. The normalized spacial score (nSPS) is 16.6. The van der Waals surface area contributed by atoms with Crippen LogP contribution in [0.5, 0.6) is 0 Å². The van der Waals surface area contributed by atoms with Gasteiger partial charge >= 0.3 is 0 Å². The van der Waals surface area contributed by atoms with Crippen LogP contribution in [0.15, 0.2) is 23.3 Å². The van der Waals surface area contributed by atoms with Crippen LogP contribution < -0.4 is 10.5 Å². The summed E-state index contributed by atoms with van der Waals surface area (Å²) in [6.45, 7) is 3.89. The molecule has 1 N–H and O–H groups in total. The van der Waals surface area contributed by atoms with Crippen molar-refractivity contribution in [3.63, 3.8) is 0 Å². The van der Waals surface area contributed by atoms with Crippen LogP contribution >= 0.6 is 0 Å². The molecule has 106 valence electrons. The average Bonchev–Trinajstić information content (AvgIpc) is 2.79. The molecule has 0 saturated carbocycles. The molecule has 3 heterocycles. The number of nitrogens with one attached hydrogen (secondary N) is 1. The van der Waals surface area contributed by atoms with Gasteiger partial charge in [0.05, 0.1) is 0 Å². The molecule has 0 spiro atoms. The molecule has 0 unspecified atom stereocenters. The van der Waals surface area contributed by atoms with Crippen LogP contribution in [0.25, 0.3) is 0 Å². The maximum absolute atomic E-state index is 11.5. The van der Waals surface area contributed by atoms with E-state index in [0.29, 0.717) is 5.92 Å². The fourth-order valence-electron chi connectivity index (χ4n) is 2.75. The van der Waals surface area contributed by atoms with Gasteiger partial charge in [-0.1, -0.05) is 0 Å². The quantitative estimate of drug-likeness (QED) is 0.892. The van der Waals surface area contributed by atoms with E-state index < -0.39 is 0 Å². The van der Waals surface area contributed by atoms with Crippen LogP contribution in [0.2, 0.25) is 0 Å². The summed E-state index contributed by atoms with van der Waals surface area (Å²) in [5, 5.41) is 3.14. The van der Waals surface area contributed by atoms with E-state index >= 15 is 0 Å². The fourth-order valence-corrected chi connectivity index (χ4v) is 2.75. The monoisotopic (exact) mass is 273 g/mol. The molecule has 0 aromatic carbocycles. The topological polar surface area (TPSA) is 66.8 Å². The summed E-state index contributed by atoms with van der Waals surface area (Å²) in [7, 11) is 1.75. The second-order valence-corrected chi connectivity index (χ2v) is 5.39. The van der Waals surface area contributed by atoms with Gasteiger partial charge in [0.1, 0.15) is 12.1 Å². The number of hydrogen-bond acceptors (Lipinski definition) is 4. The second kappa shape index (κ2) is 5.11. The SMILES string of the molecule is Cc1cc(N2CCC(c3cc(=O)n(C)[nH]3)CC2)ncn1. The van der Waals surface area contributed by atoms with E-state index in [1.165, 1.54) is 4.68 Å². The van der Waals surface area contributed by atoms with Gasteiger partial charge in [-0.2, -0.15) is 0 Å². The van der Waals surface area contributed by atoms with E-state index in [4.69, 9.17) is 0 Å². The molecule has 3 rings (SSSR count).